The maximum absolute atomic E-state index is 10.0. The predicted molar refractivity (Wildman–Crippen MR) is 71.3 cm³/mol. The van der Waals surface area contributed by atoms with Crippen LogP contribution in [-0.2, 0) is 6.54 Å². The molecule has 2 N–H and O–H groups in total. The van der Waals surface area contributed by atoms with E-state index in [1.165, 1.54) is 6.42 Å². The molecule has 0 spiro atoms. The van der Waals surface area contributed by atoms with Gasteiger partial charge in [0.1, 0.15) is 5.82 Å². The van der Waals surface area contributed by atoms with E-state index < -0.39 is 0 Å². The molecule has 0 aliphatic heterocycles. The van der Waals surface area contributed by atoms with E-state index >= 15 is 0 Å². The lowest BCUT2D eigenvalue weighted by Gasteiger charge is -2.34. The van der Waals surface area contributed by atoms with Gasteiger partial charge in [-0.3, -0.25) is 9.88 Å². The Morgan fingerprint density at radius 3 is 2.72 bits per heavy atom. The molecule has 1 fully saturated rings. The molecule has 0 aromatic carbocycles. The number of aliphatic hydroxyl groups is 1. The number of likely N-dealkylation sites (N-methyl/N-ethyl adjacent to an activating group) is 1. The molecule has 1 heterocycles. The highest BCUT2D eigenvalue weighted by molar-refractivity contribution is 5.29. The first kappa shape index (κ1) is 13.2. The predicted octanol–water partition coefficient (Wildman–Crippen LogP) is 1.25. The molecule has 0 radical (unpaired) electrons. The van der Waals surface area contributed by atoms with Gasteiger partial charge in [-0.05, 0) is 19.9 Å². The molecule has 5 heteroatoms. The van der Waals surface area contributed by atoms with Gasteiger partial charge in [0.15, 0.2) is 0 Å². The first-order valence-corrected chi connectivity index (χ1v) is 6.57. The molecule has 1 aromatic heterocycles. The van der Waals surface area contributed by atoms with Crippen molar-refractivity contribution in [2.24, 2.45) is 0 Å². The summed E-state index contributed by atoms with van der Waals surface area (Å²) in [5, 5.41) is 13.0. The molecule has 1 aromatic rings. The fraction of sp³-hybridized carbons (Fsp3) is 0.692. The van der Waals surface area contributed by atoms with Gasteiger partial charge < -0.3 is 10.4 Å². The topological polar surface area (TPSA) is 61.3 Å². The Morgan fingerprint density at radius 1 is 1.33 bits per heavy atom. The summed E-state index contributed by atoms with van der Waals surface area (Å²) in [6, 6.07) is 0.254. The van der Waals surface area contributed by atoms with Crippen LogP contribution in [0.3, 0.4) is 0 Å². The Morgan fingerprint density at radius 2 is 2.11 bits per heavy atom. The van der Waals surface area contributed by atoms with Crippen molar-refractivity contribution in [1.29, 1.82) is 0 Å². The van der Waals surface area contributed by atoms with Crippen LogP contribution in [-0.4, -0.2) is 46.2 Å². The zero-order chi connectivity index (χ0) is 13.0. The van der Waals surface area contributed by atoms with Crippen molar-refractivity contribution in [1.82, 2.24) is 14.9 Å². The fourth-order valence-corrected chi connectivity index (χ4v) is 2.54. The minimum absolute atomic E-state index is 0.201. The van der Waals surface area contributed by atoms with Gasteiger partial charge in [-0.2, -0.15) is 0 Å². The number of rotatable bonds is 4. The maximum Gasteiger partial charge on any atom is 0.144 e. The summed E-state index contributed by atoms with van der Waals surface area (Å²) in [6.45, 7) is 0.735. The van der Waals surface area contributed by atoms with Crippen LogP contribution in [0, 0.1) is 0 Å². The molecule has 1 aliphatic carbocycles. The van der Waals surface area contributed by atoms with Crippen LogP contribution in [0.15, 0.2) is 12.4 Å². The molecular weight excluding hydrogens is 228 g/mol. The standard InChI is InChI=1S/C13H22N4O/c1-14-13-8-15-10(7-16-13)9-17(2)11-5-3-4-6-12(11)18/h7-8,11-12,18H,3-6,9H2,1-2H3,(H,14,16). The van der Waals surface area contributed by atoms with Gasteiger partial charge in [-0.25, -0.2) is 4.98 Å². The van der Waals surface area contributed by atoms with E-state index in [0.29, 0.717) is 0 Å². The Balaban J connectivity index is 1.94. The van der Waals surface area contributed by atoms with Gasteiger partial charge in [-0.1, -0.05) is 12.8 Å². The smallest absolute Gasteiger partial charge is 0.144 e. The lowest BCUT2D eigenvalue weighted by atomic mass is 9.91. The third-order valence-electron chi connectivity index (χ3n) is 3.63. The minimum atomic E-state index is -0.201. The van der Waals surface area contributed by atoms with Crippen molar-refractivity contribution >= 4 is 5.82 Å². The van der Waals surface area contributed by atoms with Crippen molar-refractivity contribution in [3.63, 3.8) is 0 Å². The van der Waals surface area contributed by atoms with Crippen LogP contribution in [0.4, 0.5) is 5.82 Å². The molecule has 18 heavy (non-hydrogen) atoms. The SMILES string of the molecule is CNc1cnc(CN(C)C2CCCCC2O)cn1. The fourth-order valence-electron chi connectivity index (χ4n) is 2.54. The number of hydrogen-bond acceptors (Lipinski definition) is 5. The second kappa shape index (κ2) is 6.11. The lowest BCUT2D eigenvalue weighted by Crippen LogP contribution is -2.43. The molecule has 100 valence electrons. The Labute approximate surface area is 108 Å². The lowest BCUT2D eigenvalue weighted by molar-refractivity contribution is 0.0283. The highest BCUT2D eigenvalue weighted by Crippen LogP contribution is 2.23. The van der Waals surface area contributed by atoms with E-state index in [0.717, 1.165) is 37.3 Å². The van der Waals surface area contributed by atoms with E-state index in [9.17, 15) is 5.11 Å². The van der Waals surface area contributed by atoms with Gasteiger partial charge in [0.05, 0.1) is 24.2 Å². The normalized spacial score (nSPS) is 24.2. The summed E-state index contributed by atoms with van der Waals surface area (Å²) in [7, 11) is 3.88. The molecule has 1 aliphatic rings. The highest BCUT2D eigenvalue weighted by Gasteiger charge is 2.26. The third-order valence-corrected chi connectivity index (χ3v) is 3.63. The molecule has 2 rings (SSSR count). The van der Waals surface area contributed by atoms with Crippen molar-refractivity contribution in [2.75, 3.05) is 19.4 Å². The number of nitrogens with zero attached hydrogens (tertiary/aromatic N) is 3. The third kappa shape index (κ3) is 3.17. The van der Waals surface area contributed by atoms with Gasteiger partial charge >= 0.3 is 0 Å². The zero-order valence-electron chi connectivity index (χ0n) is 11.1. The quantitative estimate of drug-likeness (QED) is 0.842. The highest BCUT2D eigenvalue weighted by atomic mass is 16.3. The first-order valence-electron chi connectivity index (χ1n) is 6.57. The van der Waals surface area contributed by atoms with Gasteiger partial charge in [0, 0.05) is 19.6 Å². The van der Waals surface area contributed by atoms with Crippen LogP contribution in [0.5, 0.6) is 0 Å². The van der Waals surface area contributed by atoms with E-state index in [4.69, 9.17) is 0 Å². The molecular formula is C13H22N4O. The van der Waals surface area contributed by atoms with Crippen LogP contribution in [0.25, 0.3) is 0 Å². The van der Waals surface area contributed by atoms with Crippen molar-refractivity contribution in [3.05, 3.63) is 18.1 Å². The first-order chi connectivity index (χ1) is 8.70. The van der Waals surface area contributed by atoms with E-state index in [2.05, 4.69) is 20.2 Å². The van der Waals surface area contributed by atoms with Crippen LogP contribution in [0.2, 0.25) is 0 Å². The average Bonchev–Trinajstić information content (AvgIpc) is 2.40. The summed E-state index contributed by atoms with van der Waals surface area (Å²) in [5.41, 5.74) is 0.939. The number of aromatic nitrogens is 2. The summed E-state index contributed by atoms with van der Waals surface area (Å²) < 4.78 is 0. The average molecular weight is 250 g/mol. The Bertz CT molecular complexity index is 368. The van der Waals surface area contributed by atoms with Crippen LogP contribution >= 0.6 is 0 Å². The number of hydrogen-bond donors (Lipinski definition) is 2. The molecule has 2 unspecified atom stereocenters. The van der Waals surface area contributed by atoms with E-state index in [1.807, 2.05) is 14.1 Å². The van der Waals surface area contributed by atoms with Crippen molar-refractivity contribution in [3.8, 4) is 0 Å². The van der Waals surface area contributed by atoms with Gasteiger partial charge in [0.2, 0.25) is 0 Å². The Hall–Kier alpha value is -1.20. The Kier molecular flexibility index (Phi) is 4.49. The number of anilines is 1. The molecule has 2 atom stereocenters. The number of aliphatic hydroxyl groups excluding tert-OH is 1. The summed E-state index contributed by atoms with van der Waals surface area (Å²) >= 11 is 0. The van der Waals surface area contributed by atoms with E-state index in [-0.39, 0.29) is 12.1 Å². The second-order valence-electron chi connectivity index (χ2n) is 4.98. The van der Waals surface area contributed by atoms with Crippen molar-refractivity contribution in [2.45, 2.75) is 44.4 Å². The molecule has 0 bridgehead atoms. The zero-order valence-corrected chi connectivity index (χ0v) is 11.1. The molecule has 5 nitrogen and oxygen atoms in total. The van der Waals surface area contributed by atoms with Crippen molar-refractivity contribution < 1.29 is 5.11 Å². The maximum atomic E-state index is 10.0. The summed E-state index contributed by atoms with van der Waals surface area (Å²) in [6.07, 6.45) is 7.66. The summed E-state index contributed by atoms with van der Waals surface area (Å²) in [4.78, 5) is 10.8. The van der Waals surface area contributed by atoms with Crippen LogP contribution in [0.1, 0.15) is 31.4 Å². The minimum Gasteiger partial charge on any atom is -0.391 e. The number of nitrogens with one attached hydrogen (secondary N) is 1. The largest absolute Gasteiger partial charge is 0.391 e. The van der Waals surface area contributed by atoms with Gasteiger partial charge in [-0.15, -0.1) is 0 Å². The second-order valence-corrected chi connectivity index (χ2v) is 4.98. The molecule has 0 amide bonds. The molecule has 1 saturated carbocycles. The van der Waals surface area contributed by atoms with E-state index in [1.54, 1.807) is 12.4 Å². The van der Waals surface area contributed by atoms with Gasteiger partial charge in [0.25, 0.3) is 0 Å². The molecule has 0 saturated heterocycles. The van der Waals surface area contributed by atoms with Crippen LogP contribution < -0.4 is 5.32 Å². The monoisotopic (exact) mass is 250 g/mol. The summed E-state index contributed by atoms with van der Waals surface area (Å²) in [5.74, 6) is 0.777.